The molecule has 4 heteroatoms. The van der Waals surface area contributed by atoms with Gasteiger partial charge in [-0.25, -0.2) is 19.4 Å². The maximum atomic E-state index is 11.3. The van der Waals surface area contributed by atoms with Crippen LogP contribution in [-0.2, 0) is 19.4 Å². The van der Waals surface area contributed by atoms with E-state index in [-0.39, 0.29) is 5.92 Å². The van der Waals surface area contributed by atoms with Gasteiger partial charge in [-0.05, 0) is 12.8 Å². The highest BCUT2D eigenvalue weighted by Crippen LogP contribution is 2.08. The Hall–Kier alpha value is -1.06. The van der Waals surface area contributed by atoms with Crippen molar-refractivity contribution in [2.45, 2.75) is 65.7 Å². The molecule has 0 aliphatic carbocycles. The van der Waals surface area contributed by atoms with Crippen molar-refractivity contribution in [3.05, 3.63) is 0 Å². The number of hydrogen-bond donors (Lipinski definition) is 0. The van der Waals surface area contributed by atoms with Gasteiger partial charge in [0, 0.05) is 0 Å². The van der Waals surface area contributed by atoms with Crippen molar-refractivity contribution in [1.29, 1.82) is 0 Å². The fourth-order valence-electron chi connectivity index (χ4n) is 1.46. The molecule has 0 aromatic rings. The van der Waals surface area contributed by atoms with E-state index in [1.165, 1.54) is 0 Å². The molecule has 100 valence electrons. The Morgan fingerprint density at radius 3 is 2.29 bits per heavy atom. The second-order valence-electron chi connectivity index (χ2n) is 4.36. The van der Waals surface area contributed by atoms with Crippen LogP contribution < -0.4 is 0 Å². The molecule has 0 saturated heterocycles. The summed E-state index contributed by atoms with van der Waals surface area (Å²) >= 11 is 0. The number of unbranched alkanes of at least 4 members (excludes halogenated alkanes) is 3. The summed E-state index contributed by atoms with van der Waals surface area (Å²) in [6.07, 6.45) is 5.99. The highest BCUT2D eigenvalue weighted by Gasteiger charge is 2.16. The highest BCUT2D eigenvalue weighted by atomic mass is 17.2. The van der Waals surface area contributed by atoms with Gasteiger partial charge in [-0.1, -0.05) is 46.5 Å². The van der Waals surface area contributed by atoms with Crippen LogP contribution in [-0.4, -0.2) is 11.9 Å². The first kappa shape index (κ1) is 15.9. The molecule has 0 rings (SSSR count). The van der Waals surface area contributed by atoms with Gasteiger partial charge in [0.15, 0.2) is 0 Å². The first-order valence-electron chi connectivity index (χ1n) is 6.53. The average molecular weight is 244 g/mol. The molecule has 0 heterocycles. The average Bonchev–Trinajstić information content (AvgIpc) is 2.32. The van der Waals surface area contributed by atoms with Crippen LogP contribution in [0.15, 0.2) is 0 Å². The molecule has 1 unspecified atom stereocenters. The van der Waals surface area contributed by atoms with Gasteiger partial charge in [0.25, 0.3) is 0 Å². The lowest BCUT2D eigenvalue weighted by Crippen LogP contribution is -2.17. The van der Waals surface area contributed by atoms with Crippen molar-refractivity contribution in [1.82, 2.24) is 0 Å². The monoisotopic (exact) mass is 244 g/mol. The zero-order valence-electron chi connectivity index (χ0n) is 11.2. The topological polar surface area (TPSA) is 52.6 Å². The zero-order valence-corrected chi connectivity index (χ0v) is 11.2. The summed E-state index contributed by atoms with van der Waals surface area (Å²) in [7, 11) is 0. The summed E-state index contributed by atoms with van der Waals surface area (Å²) in [5.74, 6) is -1.14. The van der Waals surface area contributed by atoms with Crippen molar-refractivity contribution >= 4 is 11.9 Å². The van der Waals surface area contributed by atoms with E-state index >= 15 is 0 Å². The molecule has 0 aliphatic heterocycles. The summed E-state index contributed by atoms with van der Waals surface area (Å²) in [6, 6.07) is 0. The van der Waals surface area contributed by atoms with Gasteiger partial charge in [-0.3, -0.25) is 0 Å². The van der Waals surface area contributed by atoms with Gasteiger partial charge in [-0.15, -0.1) is 0 Å². The fourth-order valence-corrected chi connectivity index (χ4v) is 1.46. The Kier molecular flexibility index (Phi) is 9.49. The van der Waals surface area contributed by atoms with Crippen LogP contribution >= 0.6 is 0 Å². The van der Waals surface area contributed by atoms with E-state index in [9.17, 15) is 9.59 Å². The Morgan fingerprint density at radius 1 is 1.00 bits per heavy atom. The van der Waals surface area contributed by atoms with E-state index < -0.39 is 11.9 Å². The smallest absolute Gasteiger partial charge is 0.247 e. The van der Waals surface area contributed by atoms with Crippen molar-refractivity contribution in [3.63, 3.8) is 0 Å². The summed E-state index contributed by atoms with van der Waals surface area (Å²) in [4.78, 5) is 31.5. The minimum Gasteiger partial charge on any atom is -0.247 e. The summed E-state index contributed by atoms with van der Waals surface area (Å²) < 4.78 is 0. The molecule has 0 fully saturated rings. The predicted octanol–water partition coefficient (Wildman–Crippen LogP) is 3.39. The molecule has 4 nitrogen and oxygen atoms in total. The standard InChI is InChI=1S/C13H24O4/c1-4-6-7-8-10-12(14)16-17-13(15)11(3)9-5-2/h11H,4-10H2,1-3H3. The van der Waals surface area contributed by atoms with Crippen LogP contribution in [0.2, 0.25) is 0 Å². The second-order valence-corrected chi connectivity index (χ2v) is 4.36. The number of carbonyl (C=O) groups is 2. The highest BCUT2D eigenvalue weighted by molar-refractivity contribution is 5.74. The van der Waals surface area contributed by atoms with E-state index in [1.807, 2.05) is 6.92 Å². The van der Waals surface area contributed by atoms with Crippen LogP contribution in [0.5, 0.6) is 0 Å². The summed E-state index contributed by atoms with van der Waals surface area (Å²) in [5.41, 5.74) is 0. The Labute approximate surface area is 104 Å². The minimum atomic E-state index is -0.464. The molecule has 0 bridgehead atoms. The third-order valence-corrected chi connectivity index (χ3v) is 2.58. The van der Waals surface area contributed by atoms with Crippen molar-refractivity contribution < 1.29 is 19.4 Å². The van der Waals surface area contributed by atoms with Gasteiger partial charge in [-0.2, -0.15) is 0 Å². The molecular formula is C13H24O4. The van der Waals surface area contributed by atoms with Crippen LogP contribution in [0.25, 0.3) is 0 Å². The third kappa shape index (κ3) is 8.72. The molecule has 17 heavy (non-hydrogen) atoms. The second kappa shape index (κ2) is 10.1. The van der Waals surface area contributed by atoms with Gasteiger partial charge in [0.05, 0.1) is 12.3 Å². The number of carbonyl (C=O) groups excluding carboxylic acids is 2. The van der Waals surface area contributed by atoms with Crippen LogP contribution in [0.4, 0.5) is 0 Å². The number of rotatable bonds is 8. The molecule has 0 aromatic heterocycles. The van der Waals surface area contributed by atoms with Crippen molar-refractivity contribution in [3.8, 4) is 0 Å². The van der Waals surface area contributed by atoms with E-state index in [1.54, 1.807) is 6.92 Å². The van der Waals surface area contributed by atoms with Crippen LogP contribution in [0.1, 0.15) is 65.7 Å². The summed E-state index contributed by atoms with van der Waals surface area (Å²) in [5, 5.41) is 0. The molecular weight excluding hydrogens is 220 g/mol. The lowest BCUT2D eigenvalue weighted by atomic mass is 10.1. The van der Waals surface area contributed by atoms with Crippen LogP contribution in [0, 0.1) is 5.92 Å². The van der Waals surface area contributed by atoms with Crippen LogP contribution in [0.3, 0.4) is 0 Å². The Bertz CT molecular complexity index is 225. The van der Waals surface area contributed by atoms with E-state index in [0.29, 0.717) is 6.42 Å². The normalized spacial score (nSPS) is 11.9. The minimum absolute atomic E-state index is 0.215. The molecule has 0 amide bonds. The third-order valence-electron chi connectivity index (χ3n) is 2.58. The van der Waals surface area contributed by atoms with Gasteiger partial charge in [0.2, 0.25) is 0 Å². The predicted molar refractivity (Wildman–Crippen MR) is 65.0 cm³/mol. The zero-order chi connectivity index (χ0) is 13.1. The first-order chi connectivity index (χ1) is 8.11. The van der Waals surface area contributed by atoms with Gasteiger partial charge >= 0.3 is 11.9 Å². The maximum Gasteiger partial charge on any atom is 0.358 e. The SMILES string of the molecule is CCCCCCC(=O)OOC(=O)C(C)CCC. The number of hydrogen-bond acceptors (Lipinski definition) is 4. The molecule has 0 radical (unpaired) electrons. The van der Waals surface area contributed by atoms with E-state index in [2.05, 4.69) is 16.7 Å². The van der Waals surface area contributed by atoms with E-state index in [4.69, 9.17) is 0 Å². The molecule has 0 N–H and O–H groups in total. The summed E-state index contributed by atoms with van der Waals surface area (Å²) in [6.45, 7) is 5.86. The van der Waals surface area contributed by atoms with Gasteiger partial charge < -0.3 is 0 Å². The lowest BCUT2D eigenvalue weighted by Gasteiger charge is -2.08. The molecule has 0 aliphatic rings. The molecule has 1 atom stereocenters. The quantitative estimate of drug-likeness (QED) is 0.373. The van der Waals surface area contributed by atoms with Crippen molar-refractivity contribution in [2.24, 2.45) is 5.92 Å². The molecule has 0 saturated carbocycles. The molecule has 0 aromatic carbocycles. The van der Waals surface area contributed by atoms with Crippen molar-refractivity contribution in [2.75, 3.05) is 0 Å². The maximum absolute atomic E-state index is 11.3. The first-order valence-corrected chi connectivity index (χ1v) is 6.53. The largest absolute Gasteiger partial charge is 0.358 e. The Balaban J connectivity index is 3.58. The lowest BCUT2D eigenvalue weighted by molar-refractivity contribution is -0.262. The fraction of sp³-hybridized carbons (Fsp3) is 0.846. The Morgan fingerprint density at radius 2 is 1.71 bits per heavy atom. The van der Waals surface area contributed by atoms with Gasteiger partial charge in [0.1, 0.15) is 0 Å². The van der Waals surface area contributed by atoms with E-state index in [0.717, 1.165) is 38.5 Å². The molecule has 0 spiro atoms.